The van der Waals surface area contributed by atoms with E-state index in [9.17, 15) is 0 Å². The van der Waals surface area contributed by atoms with Gasteiger partial charge in [0.15, 0.2) is 0 Å². The Bertz CT molecular complexity index is 1300. The zero-order chi connectivity index (χ0) is 21.0. The molecule has 0 saturated heterocycles. The third-order valence-corrected chi connectivity index (χ3v) is 6.00. The average molecular weight is 421 g/mol. The molecule has 5 rings (SSSR count). The summed E-state index contributed by atoms with van der Waals surface area (Å²) in [4.78, 5) is 14.8. The van der Waals surface area contributed by atoms with Crippen molar-refractivity contribution in [1.82, 2.24) is 15.0 Å². The number of hydrogen-bond donors (Lipinski definition) is 1. The zero-order valence-corrected chi connectivity index (χ0v) is 17.8. The summed E-state index contributed by atoms with van der Waals surface area (Å²) in [6.45, 7) is 2.12. The number of rotatable bonds is 5. The van der Waals surface area contributed by atoms with Gasteiger partial charge in [-0.2, -0.15) is 0 Å². The van der Waals surface area contributed by atoms with Crippen molar-refractivity contribution in [3.63, 3.8) is 0 Å². The molecule has 0 amide bonds. The van der Waals surface area contributed by atoms with Crippen LogP contribution in [0, 0.1) is 6.92 Å². The highest BCUT2D eigenvalue weighted by Crippen LogP contribution is 2.33. The molecule has 0 bridgehead atoms. The van der Waals surface area contributed by atoms with Gasteiger partial charge in [-0.15, -0.1) is 11.3 Å². The Kier molecular flexibility index (Phi) is 5.25. The van der Waals surface area contributed by atoms with E-state index in [1.54, 1.807) is 17.7 Å². The van der Waals surface area contributed by atoms with Gasteiger partial charge in [0.2, 0.25) is 0 Å². The monoisotopic (exact) mass is 420 g/mol. The van der Waals surface area contributed by atoms with Crippen molar-refractivity contribution in [2.24, 2.45) is 0 Å². The van der Waals surface area contributed by atoms with Crippen molar-refractivity contribution in [3.8, 4) is 33.1 Å². The van der Waals surface area contributed by atoms with Crippen LogP contribution in [-0.2, 0) is 0 Å². The van der Waals surface area contributed by atoms with Gasteiger partial charge in [0.25, 0.3) is 0 Å². The number of aromatic nitrogens is 3. The summed E-state index contributed by atoms with van der Waals surface area (Å²) >= 11 is 1.72. The van der Waals surface area contributed by atoms with E-state index in [0.29, 0.717) is 0 Å². The summed E-state index contributed by atoms with van der Waals surface area (Å²) in [5.41, 5.74) is 6.21. The van der Waals surface area contributed by atoms with E-state index < -0.39 is 0 Å². The standard InChI is InChI=1S/C26H20N4S/c1-18-25(30-26(31-18)21-10-6-3-7-11-21)20-12-14-22(15-13-20)29-24-16-23(27-17-28-24)19-8-4-2-5-9-19/h2-17H,1H3,(H,27,28,29). The maximum absolute atomic E-state index is 4.89. The molecule has 2 heterocycles. The summed E-state index contributed by atoms with van der Waals surface area (Å²) in [6, 6.07) is 30.7. The van der Waals surface area contributed by atoms with Crippen molar-refractivity contribution >= 4 is 22.8 Å². The molecule has 0 atom stereocenters. The Labute approximate surface area is 185 Å². The molecule has 0 aliphatic rings. The van der Waals surface area contributed by atoms with Gasteiger partial charge in [0.05, 0.1) is 11.4 Å². The first-order valence-electron chi connectivity index (χ1n) is 10.0. The number of aryl methyl sites for hydroxylation is 1. The van der Waals surface area contributed by atoms with Gasteiger partial charge in [-0.25, -0.2) is 15.0 Å². The Morgan fingerprint density at radius 3 is 2.10 bits per heavy atom. The third-order valence-electron chi connectivity index (χ3n) is 4.98. The normalized spacial score (nSPS) is 10.7. The van der Waals surface area contributed by atoms with E-state index in [0.717, 1.165) is 44.6 Å². The van der Waals surface area contributed by atoms with Crippen LogP contribution in [0.5, 0.6) is 0 Å². The predicted molar refractivity (Wildman–Crippen MR) is 128 cm³/mol. The smallest absolute Gasteiger partial charge is 0.134 e. The summed E-state index contributed by atoms with van der Waals surface area (Å²) in [5, 5.41) is 4.42. The molecular weight excluding hydrogens is 400 g/mol. The molecule has 0 unspecified atom stereocenters. The van der Waals surface area contributed by atoms with E-state index in [1.807, 2.05) is 54.6 Å². The number of hydrogen-bond acceptors (Lipinski definition) is 5. The van der Waals surface area contributed by atoms with Gasteiger partial charge >= 0.3 is 0 Å². The predicted octanol–water partition coefficient (Wildman–Crippen LogP) is 6.99. The molecule has 1 N–H and O–H groups in total. The molecule has 5 aromatic rings. The maximum atomic E-state index is 4.89. The minimum Gasteiger partial charge on any atom is -0.340 e. The van der Waals surface area contributed by atoms with Crippen LogP contribution in [0.1, 0.15) is 4.88 Å². The lowest BCUT2D eigenvalue weighted by Crippen LogP contribution is -1.95. The summed E-state index contributed by atoms with van der Waals surface area (Å²) in [7, 11) is 0. The molecule has 150 valence electrons. The SMILES string of the molecule is Cc1sc(-c2ccccc2)nc1-c1ccc(Nc2cc(-c3ccccc3)ncn2)cc1. The number of nitrogens with zero attached hydrogens (tertiary/aromatic N) is 3. The molecule has 5 heteroatoms. The van der Waals surface area contributed by atoms with E-state index in [1.165, 1.54) is 4.88 Å². The van der Waals surface area contributed by atoms with Gasteiger partial charge in [-0.3, -0.25) is 0 Å². The molecule has 0 aliphatic heterocycles. The highest BCUT2D eigenvalue weighted by Gasteiger charge is 2.11. The van der Waals surface area contributed by atoms with Crippen molar-refractivity contribution in [3.05, 3.63) is 102 Å². The van der Waals surface area contributed by atoms with Crippen LogP contribution >= 0.6 is 11.3 Å². The number of thiazole rings is 1. The highest BCUT2D eigenvalue weighted by molar-refractivity contribution is 7.15. The van der Waals surface area contributed by atoms with Crippen molar-refractivity contribution in [2.75, 3.05) is 5.32 Å². The fourth-order valence-electron chi connectivity index (χ4n) is 3.42. The first-order valence-corrected chi connectivity index (χ1v) is 10.9. The van der Waals surface area contributed by atoms with E-state index in [4.69, 9.17) is 4.98 Å². The quantitative estimate of drug-likeness (QED) is 0.333. The Hall–Kier alpha value is -3.83. The molecule has 0 aliphatic carbocycles. The molecule has 0 saturated carbocycles. The highest BCUT2D eigenvalue weighted by atomic mass is 32.1. The van der Waals surface area contributed by atoms with E-state index in [2.05, 4.69) is 58.6 Å². The van der Waals surface area contributed by atoms with E-state index >= 15 is 0 Å². The first kappa shape index (κ1) is 19.2. The minimum absolute atomic E-state index is 0.762. The summed E-state index contributed by atoms with van der Waals surface area (Å²) in [5.74, 6) is 0.762. The van der Waals surface area contributed by atoms with Crippen molar-refractivity contribution in [2.45, 2.75) is 6.92 Å². The van der Waals surface area contributed by atoms with Gasteiger partial charge in [0, 0.05) is 33.3 Å². The molecule has 0 fully saturated rings. The van der Waals surface area contributed by atoms with Crippen LogP contribution in [0.15, 0.2) is 97.3 Å². The molecule has 3 aromatic carbocycles. The van der Waals surface area contributed by atoms with Gasteiger partial charge in [-0.1, -0.05) is 72.8 Å². The van der Waals surface area contributed by atoms with E-state index in [-0.39, 0.29) is 0 Å². The largest absolute Gasteiger partial charge is 0.340 e. The lowest BCUT2D eigenvalue weighted by Gasteiger charge is -2.08. The lowest BCUT2D eigenvalue weighted by molar-refractivity contribution is 1.17. The summed E-state index contributed by atoms with van der Waals surface area (Å²) in [6.07, 6.45) is 1.59. The second kappa shape index (κ2) is 8.50. The van der Waals surface area contributed by atoms with Gasteiger partial charge in [0.1, 0.15) is 17.2 Å². The molecule has 0 spiro atoms. The summed E-state index contributed by atoms with van der Waals surface area (Å²) < 4.78 is 0. The topological polar surface area (TPSA) is 50.7 Å². The maximum Gasteiger partial charge on any atom is 0.134 e. The Morgan fingerprint density at radius 1 is 0.710 bits per heavy atom. The fourth-order valence-corrected chi connectivity index (χ4v) is 4.36. The number of anilines is 2. The molecular formula is C26H20N4S. The van der Waals surface area contributed by atoms with Crippen LogP contribution in [0.4, 0.5) is 11.5 Å². The Balaban J connectivity index is 1.36. The number of nitrogens with one attached hydrogen (secondary N) is 1. The van der Waals surface area contributed by atoms with Gasteiger partial charge in [-0.05, 0) is 19.1 Å². The Morgan fingerprint density at radius 2 is 1.39 bits per heavy atom. The van der Waals surface area contributed by atoms with Crippen LogP contribution in [0.3, 0.4) is 0 Å². The van der Waals surface area contributed by atoms with Crippen LogP contribution < -0.4 is 5.32 Å². The lowest BCUT2D eigenvalue weighted by atomic mass is 10.1. The van der Waals surface area contributed by atoms with Crippen molar-refractivity contribution in [1.29, 1.82) is 0 Å². The number of benzene rings is 3. The van der Waals surface area contributed by atoms with Gasteiger partial charge < -0.3 is 5.32 Å². The molecule has 2 aromatic heterocycles. The minimum atomic E-state index is 0.762. The van der Waals surface area contributed by atoms with Crippen LogP contribution in [-0.4, -0.2) is 15.0 Å². The average Bonchev–Trinajstić information content (AvgIpc) is 3.22. The molecule has 4 nitrogen and oxygen atoms in total. The molecule has 31 heavy (non-hydrogen) atoms. The van der Waals surface area contributed by atoms with Crippen LogP contribution in [0.2, 0.25) is 0 Å². The second-order valence-corrected chi connectivity index (χ2v) is 8.35. The van der Waals surface area contributed by atoms with Crippen LogP contribution in [0.25, 0.3) is 33.1 Å². The third kappa shape index (κ3) is 4.22. The second-order valence-electron chi connectivity index (χ2n) is 7.15. The molecule has 0 radical (unpaired) electrons. The first-order chi connectivity index (χ1) is 15.3. The van der Waals surface area contributed by atoms with Crippen molar-refractivity contribution < 1.29 is 0 Å². The fraction of sp³-hybridized carbons (Fsp3) is 0.0385. The zero-order valence-electron chi connectivity index (χ0n) is 17.0.